The highest BCUT2D eigenvalue weighted by atomic mass is 15.2. The van der Waals surface area contributed by atoms with E-state index in [1.807, 2.05) is 30.7 Å². The number of para-hydroxylation sites is 3. The molecule has 0 bridgehead atoms. The molecule has 0 aliphatic heterocycles. The molecule has 0 spiro atoms. The van der Waals surface area contributed by atoms with Gasteiger partial charge in [-0.25, -0.2) is 9.97 Å². The van der Waals surface area contributed by atoms with Crippen molar-refractivity contribution in [1.82, 2.24) is 24.1 Å². The SMILES string of the molecule is c1ccc(-c2cccc(-c3cncc(-c4ccnc(-n5c6ccccc6c6cc(-c7ccc8c(c7)c7ccccc7n8-c7ccccc7)ccc65)n4)c3)c2)cc1. The average Bonchev–Trinajstić information content (AvgIpc) is 3.79. The second kappa shape index (κ2) is 13.0. The van der Waals surface area contributed by atoms with Gasteiger partial charge in [-0.2, -0.15) is 0 Å². The topological polar surface area (TPSA) is 48.5 Å². The number of aromatic nitrogens is 5. The van der Waals surface area contributed by atoms with E-state index in [2.05, 4.69) is 184 Å². The summed E-state index contributed by atoms with van der Waals surface area (Å²) in [6.45, 7) is 0. The van der Waals surface area contributed by atoms with E-state index in [1.54, 1.807) is 0 Å². The lowest BCUT2D eigenvalue weighted by atomic mass is 9.99. The summed E-state index contributed by atoms with van der Waals surface area (Å²) in [4.78, 5) is 14.7. The summed E-state index contributed by atoms with van der Waals surface area (Å²) in [6.07, 6.45) is 5.64. The molecule has 0 aliphatic carbocycles. The molecule has 11 aromatic rings. The standard InChI is InChI=1S/C51H33N5/c1-3-12-34(13-4-1)35-14-11-15-36(28-35)39-29-40(33-52-32-39)46-26-27-53-51(54-46)56-48-21-10-8-19-43(48)45-31-38(23-25-50(45)56)37-22-24-49-44(30-37)42-18-7-9-20-47(42)55(49)41-16-5-2-6-17-41/h1-33H. The Kier molecular flexibility index (Phi) is 7.42. The van der Waals surface area contributed by atoms with Gasteiger partial charge < -0.3 is 4.57 Å². The molecular weight excluding hydrogens is 683 g/mol. The fourth-order valence-electron chi connectivity index (χ4n) is 8.24. The highest BCUT2D eigenvalue weighted by molar-refractivity contribution is 6.12. The molecule has 0 unspecified atom stereocenters. The van der Waals surface area contributed by atoms with Crippen LogP contribution in [0.2, 0.25) is 0 Å². The molecule has 4 heterocycles. The fraction of sp³-hybridized carbons (Fsp3) is 0. The molecule has 7 aromatic carbocycles. The largest absolute Gasteiger partial charge is 0.309 e. The van der Waals surface area contributed by atoms with E-state index in [-0.39, 0.29) is 0 Å². The Labute approximate surface area is 323 Å². The highest BCUT2D eigenvalue weighted by Crippen LogP contribution is 2.38. The van der Waals surface area contributed by atoms with Crippen LogP contribution in [0.15, 0.2) is 201 Å². The Bertz CT molecular complexity index is 3250. The van der Waals surface area contributed by atoms with Gasteiger partial charge >= 0.3 is 0 Å². The first-order valence-electron chi connectivity index (χ1n) is 18.8. The summed E-state index contributed by atoms with van der Waals surface area (Å²) in [5.41, 5.74) is 14.2. The Morgan fingerprint density at radius 3 is 1.57 bits per heavy atom. The zero-order valence-corrected chi connectivity index (χ0v) is 30.3. The predicted octanol–water partition coefficient (Wildman–Crippen LogP) is 12.7. The minimum Gasteiger partial charge on any atom is -0.309 e. The number of hydrogen-bond donors (Lipinski definition) is 0. The lowest BCUT2D eigenvalue weighted by Crippen LogP contribution is -2.01. The number of benzene rings is 7. The molecule has 4 aromatic heterocycles. The smallest absolute Gasteiger partial charge is 0.235 e. The summed E-state index contributed by atoms with van der Waals surface area (Å²) in [6, 6.07) is 64.5. The van der Waals surface area contributed by atoms with E-state index in [0.717, 1.165) is 55.4 Å². The average molecular weight is 716 g/mol. The van der Waals surface area contributed by atoms with Crippen molar-refractivity contribution in [3.05, 3.63) is 201 Å². The van der Waals surface area contributed by atoms with Crippen molar-refractivity contribution in [2.45, 2.75) is 0 Å². The minimum absolute atomic E-state index is 0.619. The Morgan fingerprint density at radius 1 is 0.339 bits per heavy atom. The van der Waals surface area contributed by atoms with Crippen LogP contribution >= 0.6 is 0 Å². The van der Waals surface area contributed by atoms with Gasteiger partial charge in [-0.1, -0.05) is 115 Å². The van der Waals surface area contributed by atoms with Crippen LogP contribution < -0.4 is 0 Å². The molecule has 0 saturated carbocycles. The van der Waals surface area contributed by atoms with Crippen LogP contribution in [-0.2, 0) is 0 Å². The molecule has 11 rings (SSSR count). The van der Waals surface area contributed by atoms with E-state index in [4.69, 9.17) is 9.97 Å². The van der Waals surface area contributed by atoms with Gasteiger partial charge in [0.25, 0.3) is 0 Å². The number of rotatable bonds is 6. The monoisotopic (exact) mass is 715 g/mol. The van der Waals surface area contributed by atoms with Gasteiger partial charge in [-0.15, -0.1) is 0 Å². The molecule has 0 saturated heterocycles. The van der Waals surface area contributed by atoms with Crippen LogP contribution in [0.4, 0.5) is 0 Å². The fourth-order valence-corrected chi connectivity index (χ4v) is 8.24. The first-order valence-corrected chi connectivity index (χ1v) is 18.8. The molecule has 0 aliphatic rings. The first kappa shape index (κ1) is 31.9. The first-order chi connectivity index (χ1) is 27.8. The summed E-state index contributed by atoms with van der Waals surface area (Å²) < 4.78 is 4.53. The maximum atomic E-state index is 5.17. The van der Waals surface area contributed by atoms with Gasteiger partial charge in [0.1, 0.15) is 0 Å². The van der Waals surface area contributed by atoms with Crippen molar-refractivity contribution in [3.8, 4) is 56.3 Å². The summed E-state index contributed by atoms with van der Waals surface area (Å²) in [5, 5.41) is 4.78. The Morgan fingerprint density at radius 2 is 0.857 bits per heavy atom. The van der Waals surface area contributed by atoms with E-state index < -0.39 is 0 Å². The number of nitrogens with zero attached hydrogens (tertiary/aromatic N) is 5. The second-order valence-corrected chi connectivity index (χ2v) is 14.2. The van der Waals surface area contributed by atoms with E-state index in [1.165, 1.54) is 38.5 Å². The van der Waals surface area contributed by atoms with Crippen molar-refractivity contribution in [3.63, 3.8) is 0 Å². The second-order valence-electron chi connectivity index (χ2n) is 14.2. The third kappa shape index (κ3) is 5.29. The molecular formula is C51H33N5. The van der Waals surface area contributed by atoms with Crippen molar-refractivity contribution in [2.75, 3.05) is 0 Å². The summed E-state index contributed by atoms with van der Waals surface area (Å²) in [7, 11) is 0. The third-order valence-electron chi connectivity index (χ3n) is 10.9. The van der Waals surface area contributed by atoms with Crippen molar-refractivity contribution in [1.29, 1.82) is 0 Å². The zero-order chi connectivity index (χ0) is 37.0. The van der Waals surface area contributed by atoms with Crippen LogP contribution in [0.1, 0.15) is 0 Å². The third-order valence-corrected chi connectivity index (χ3v) is 10.9. The molecule has 262 valence electrons. The molecule has 5 heteroatoms. The van der Waals surface area contributed by atoms with Crippen LogP contribution in [0, 0.1) is 0 Å². The molecule has 56 heavy (non-hydrogen) atoms. The summed E-state index contributed by atoms with van der Waals surface area (Å²) >= 11 is 0. The lowest BCUT2D eigenvalue weighted by Gasteiger charge is -2.10. The van der Waals surface area contributed by atoms with E-state index in [0.29, 0.717) is 5.95 Å². The maximum absolute atomic E-state index is 5.17. The lowest BCUT2D eigenvalue weighted by molar-refractivity contribution is 0.991. The van der Waals surface area contributed by atoms with Gasteiger partial charge in [0.15, 0.2) is 0 Å². The van der Waals surface area contributed by atoms with Gasteiger partial charge in [0, 0.05) is 56.9 Å². The molecule has 0 radical (unpaired) electrons. The van der Waals surface area contributed by atoms with Crippen LogP contribution in [0.5, 0.6) is 0 Å². The quantitative estimate of drug-likeness (QED) is 0.172. The molecule has 0 fully saturated rings. The predicted molar refractivity (Wildman–Crippen MR) is 230 cm³/mol. The van der Waals surface area contributed by atoms with E-state index >= 15 is 0 Å². The van der Waals surface area contributed by atoms with Gasteiger partial charge in [-0.3, -0.25) is 9.55 Å². The maximum Gasteiger partial charge on any atom is 0.235 e. The molecule has 5 nitrogen and oxygen atoms in total. The number of pyridine rings is 1. The highest BCUT2D eigenvalue weighted by Gasteiger charge is 2.17. The van der Waals surface area contributed by atoms with Crippen molar-refractivity contribution < 1.29 is 0 Å². The van der Waals surface area contributed by atoms with E-state index in [9.17, 15) is 0 Å². The molecule has 0 N–H and O–H groups in total. The minimum atomic E-state index is 0.619. The van der Waals surface area contributed by atoms with Crippen LogP contribution in [-0.4, -0.2) is 24.1 Å². The van der Waals surface area contributed by atoms with Gasteiger partial charge in [-0.05, 0) is 94.5 Å². The normalized spacial score (nSPS) is 11.6. The Hall–Kier alpha value is -7.63. The van der Waals surface area contributed by atoms with Crippen LogP contribution in [0.25, 0.3) is 99.9 Å². The molecule has 0 amide bonds. The Balaban J connectivity index is 0.998. The number of fused-ring (bicyclic) bond motifs is 6. The van der Waals surface area contributed by atoms with Gasteiger partial charge in [0.2, 0.25) is 5.95 Å². The van der Waals surface area contributed by atoms with Crippen LogP contribution in [0.3, 0.4) is 0 Å². The number of hydrogen-bond acceptors (Lipinski definition) is 3. The summed E-state index contributed by atoms with van der Waals surface area (Å²) in [5.74, 6) is 0.619. The van der Waals surface area contributed by atoms with Crippen molar-refractivity contribution >= 4 is 43.6 Å². The van der Waals surface area contributed by atoms with Gasteiger partial charge in [0.05, 0.1) is 27.8 Å². The zero-order valence-electron chi connectivity index (χ0n) is 30.3. The molecule has 0 atom stereocenters. The van der Waals surface area contributed by atoms with Crippen molar-refractivity contribution in [2.24, 2.45) is 0 Å².